The first-order chi connectivity index (χ1) is 8.65. The number of carbonyl (C=O) groups is 1. The fraction of sp³-hybridized carbons (Fsp3) is 0.133. The number of halogens is 1. The molecule has 90 valence electrons. The van der Waals surface area contributed by atoms with Gasteiger partial charge in [-0.3, -0.25) is 4.79 Å². The van der Waals surface area contributed by atoms with E-state index in [-0.39, 0.29) is 5.91 Å². The number of amides is 1. The highest BCUT2D eigenvalue weighted by Crippen LogP contribution is 2.30. The van der Waals surface area contributed by atoms with Crippen LogP contribution in [0.2, 0.25) is 0 Å². The molecule has 0 fully saturated rings. The normalized spacial score (nSPS) is 13.9. The molecule has 0 unspecified atom stereocenters. The minimum atomic E-state index is 0.0846. The summed E-state index contributed by atoms with van der Waals surface area (Å²) in [5, 5.41) is 0. The number of nitrogens with zero attached hydrogens (tertiary/aromatic N) is 1. The van der Waals surface area contributed by atoms with Gasteiger partial charge >= 0.3 is 0 Å². The van der Waals surface area contributed by atoms with E-state index in [9.17, 15) is 4.79 Å². The lowest BCUT2D eigenvalue weighted by atomic mass is 10.1. The van der Waals surface area contributed by atoms with Gasteiger partial charge in [-0.15, -0.1) is 0 Å². The van der Waals surface area contributed by atoms with Gasteiger partial charge in [-0.2, -0.15) is 0 Å². The van der Waals surface area contributed by atoms with Crippen molar-refractivity contribution in [1.82, 2.24) is 0 Å². The summed E-state index contributed by atoms with van der Waals surface area (Å²) >= 11 is 3.44. The maximum atomic E-state index is 12.3. The topological polar surface area (TPSA) is 20.3 Å². The van der Waals surface area contributed by atoms with Gasteiger partial charge in [0.1, 0.15) is 0 Å². The van der Waals surface area contributed by atoms with Crippen molar-refractivity contribution in [1.29, 1.82) is 0 Å². The van der Waals surface area contributed by atoms with Crippen molar-refractivity contribution in [2.24, 2.45) is 0 Å². The Morgan fingerprint density at radius 1 is 1.11 bits per heavy atom. The first kappa shape index (κ1) is 11.5. The zero-order valence-electron chi connectivity index (χ0n) is 9.98. The molecule has 0 saturated carbocycles. The van der Waals surface area contributed by atoms with Gasteiger partial charge in [0.25, 0.3) is 5.91 Å². The summed E-state index contributed by atoms with van der Waals surface area (Å²) in [4.78, 5) is 14.1. The standard InChI is InChI=1S/C15H12BrNO/c1-10-2-5-13(6-3-10)17-9-11-8-12(16)4-7-14(11)15(17)18/h2-8H,9H2,1H3. The van der Waals surface area contributed by atoms with Gasteiger partial charge in [-0.1, -0.05) is 33.6 Å². The first-order valence-electron chi connectivity index (χ1n) is 5.82. The average molecular weight is 302 g/mol. The lowest BCUT2D eigenvalue weighted by Gasteiger charge is -2.15. The summed E-state index contributed by atoms with van der Waals surface area (Å²) in [6.45, 7) is 2.69. The Bertz CT molecular complexity index is 619. The maximum absolute atomic E-state index is 12.3. The number of carbonyl (C=O) groups excluding carboxylic acids is 1. The lowest BCUT2D eigenvalue weighted by molar-refractivity contribution is 0.0996. The average Bonchev–Trinajstić information content (AvgIpc) is 2.67. The molecular formula is C15H12BrNO. The van der Waals surface area contributed by atoms with Crippen LogP contribution in [0.15, 0.2) is 46.9 Å². The minimum Gasteiger partial charge on any atom is -0.304 e. The highest BCUT2D eigenvalue weighted by atomic mass is 79.9. The summed E-state index contributed by atoms with van der Waals surface area (Å²) < 4.78 is 1.01. The third-order valence-corrected chi connectivity index (χ3v) is 3.71. The van der Waals surface area contributed by atoms with E-state index < -0.39 is 0 Å². The van der Waals surface area contributed by atoms with Crippen LogP contribution in [0.4, 0.5) is 5.69 Å². The molecule has 0 aliphatic carbocycles. The molecule has 18 heavy (non-hydrogen) atoms. The molecule has 0 spiro atoms. The Labute approximate surface area is 114 Å². The van der Waals surface area contributed by atoms with E-state index in [4.69, 9.17) is 0 Å². The molecule has 3 rings (SSSR count). The van der Waals surface area contributed by atoms with Crippen LogP contribution in [0.5, 0.6) is 0 Å². The van der Waals surface area contributed by atoms with Crippen LogP contribution in [-0.2, 0) is 6.54 Å². The Balaban J connectivity index is 1.99. The molecule has 0 bridgehead atoms. The molecule has 0 atom stereocenters. The Hall–Kier alpha value is -1.61. The third kappa shape index (κ3) is 1.85. The van der Waals surface area contributed by atoms with E-state index in [1.807, 2.05) is 54.3 Å². The molecule has 0 radical (unpaired) electrons. The number of hydrogen-bond donors (Lipinski definition) is 0. The smallest absolute Gasteiger partial charge is 0.258 e. The fourth-order valence-corrected chi connectivity index (χ4v) is 2.63. The summed E-state index contributed by atoms with van der Waals surface area (Å²) in [6.07, 6.45) is 0. The lowest BCUT2D eigenvalue weighted by Crippen LogP contribution is -2.22. The number of hydrogen-bond acceptors (Lipinski definition) is 1. The third-order valence-electron chi connectivity index (χ3n) is 3.22. The van der Waals surface area contributed by atoms with Crippen LogP contribution in [0.1, 0.15) is 21.5 Å². The molecular weight excluding hydrogens is 290 g/mol. The Morgan fingerprint density at radius 3 is 2.56 bits per heavy atom. The fourth-order valence-electron chi connectivity index (χ4n) is 2.22. The van der Waals surface area contributed by atoms with Gasteiger partial charge in [0, 0.05) is 15.7 Å². The van der Waals surface area contributed by atoms with E-state index in [0.717, 1.165) is 21.3 Å². The van der Waals surface area contributed by atoms with Crippen molar-refractivity contribution >= 4 is 27.5 Å². The molecule has 1 heterocycles. The number of benzene rings is 2. The Kier molecular flexibility index (Phi) is 2.71. The zero-order chi connectivity index (χ0) is 12.7. The number of anilines is 1. The maximum Gasteiger partial charge on any atom is 0.258 e. The second-order valence-electron chi connectivity index (χ2n) is 4.53. The van der Waals surface area contributed by atoms with Crippen molar-refractivity contribution in [2.75, 3.05) is 4.90 Å². The van der Waals surface area contributed by atoms with Crippen molar-refractivity contribution in [2.45, 2.75) is 13.5 Å². The summed E-state index contributed by atoms with van der Waals surface area (Å²) in [6, 6.07) is 13.9. The predicted molar refractivity (Wildman–Crippen MR) is 75.8 cm³/mol. The first-order valence-corrected chi connectivity index (χ1v) is 6.61. The monoisotopic (exact) mass is 301 g/mol. The van der Waals surface area contributed by atoms with Gasteiger partial charge in [-0.05, 0) is 42.8 Å². The molecule has 3 heteroatoms. The van der Waals surface area contributed by atoms with E-state index in [0.29, 0.717) is 6.54 Å². The number of rotatable bonds is 1. The van der Waals surface area contributed by atoms with E-state index in [1.54, 1.807) is 0 Å². The van der Waals surface area contributed by atoms with E-state index in [1.165, 1.54) is 5.56 Å². The van der Waals surface area contributed by atoms with Crippen molar-refractivity contribution in [3.05, 3.63) is 63.6 Å². The summed E-state index contributed by atoms with van der Waals surface area (Å²) in [5.74, 6) is 0.0846. The minimum absolute atomic E-state index is 0.0846. The van der Waals surface area contributed by atoms with Crippen LogP contribution in [0.3, 0.4) is 0 Å². The zero-order valence-corrected chi connectivity index (χ0v) is 11.6. The van der Waals surface area contributed by atoms with Gasteiger partial charge in [0.05, 0.1) is 6.54 Å². The molecule has 0 saturated heterocycles. The molecule has 1 aliphatic heterocycles. The van der Waals surface area contributed by atoms with Crippen molar-refractivity contribution < 1.29 is 4.79 Å². The quantitative estimate of drug-likeness (QED) is 0.782. The summed E-state index contributed by atoms with van der Waals surface area (Å²) in [5.41, 5.74) is 4.04. The van der Waals surface area contributed by atoms with E-state index in [2.05, 4.69) is 15.9 Å². The molecule has 0 aromatic heterocycles. The number of aryl methyl sites for hydroxylation is 1. The molecule has 2 aromatic carbocycles. The molecule has 1 amide bonds. The van der Waals surface area contributed by atoms with Crippen LogP contribution in [-0.4, -0.2) is 5.91 Å². The van der Waals surface area contributed by atoms with Crippen molar-refractivity contribution in [3.63, 3.8) is 0 Å². The van der Waals surface area contributed by atoms with Gasteiger partial charge < -0.3 is 4.90 Å². The second-order valence-corrected chi connectivity index (χ2v) is 5.44. The summed E-state index contributed by atoms with van der Waals surface area (Å²) in [7, 11) is 0. The van der Waals surface area contributed by atoms with Gasteiger partial charge in [-0.25, -0.2) is 0 Å². The highest BCUT2D eigenvalue weighted by molar-refractivity contribution is 9.10. The molecule has 2 aromatic rings. The van der Waals surface area contributed by atoms with Crippen LogP contribution >= 0.6 is 15.9 Å². The number of fused-ring (bicyclic) bond motifs is 1. The molecule has 2 nitrogen and oxygen atoms in total. The second kappa shape index (κ2) is 4.25. The predicted octanol–water partition coefficient (Wildman–Crippen LogP) is 3.92. The largest absolute Gasteiger partial charge is 0.304 e. The van der Waals surface area contributed by atoms with E-state index >= 15 is 0 Å². The highest BCUT2D eigenvalue weighted by Gasteiger charge is 2.28. The Morgan fingerprint density at radius 2 is 1.83 bits per heavy atom. The van der Waals surface area contributed by atoms with Gasteiger partial charge in [0.15, 0.2) is 0 Å². The SMILES string of the molecule is Cc1ccc(N2Cc3cc(Br)ccc3C2=O)cc1. The molecule has 1 aliphatic rings. The van der Waals surface area contributed by atoms with Gasteiger partial charge in [0.2, 0.25) is 0 Å². The van der Waals surface area contributed by atoms with Crippen LogP contribution in [0, 0.1) is 6.92 Å². The van der Waals surface area contributed by atoms with Crippen molar-refractivity contribution in [3.8, 4) is 0 Å². The van der Waals surface area contributed by atoms with Crippen LogP contribution < -0.4 is 4.90 Å². The molecule has 0 N–H and O–H groups in total. The van der Waals surface area contributed by atoms with Crippen LogP contribution in [0.25, 0.3) is 0 Å².